The second-order valence-electron chi connectivity index (χ2n) is 5.98. The van der Waals surface area contributed by atoms with Gasteiger partial charge in [0.1, 0.15) is 0 Å². The van der Waals surface area contributed by atoms with Crippen LogP contribution in [-0.2, 0) is 16.1 Å². The van der Waals surface area contributed by atoms with Crippen LogP contribution in [0.15, 0.2) is 24.3 Å². The third kappa shape index (κ3) is 2.78. The predicted octanol–water partition coefficient (Wildman–Crippen LogP) is 1.17. The van der Waals surface area contributed by atoms with Gasteiger partial charge in [-0.2, -0.15) is 0 Å². The second kappa shape index (κ2) is 5.48. The largest absolute Gasteiger partial charge is 0.352 e. The Hall–Kier alpha value is -1.88. The molecule has 21 heavy (non-hydrogen) atoms. The van der Waals surface area contributed by atoms with E-state index in [1.54, 1.807) is 0 Å². The molecular weight excluding hydrogens is 266 g/mol. The minimum atomic E-state index is -0.304. The Labute approximate surface area is 124 Å². The lowest BCUT2D eigenvalue weighted by Gasteiger charge is -2.16. The van der Waals surface area contributed by atoms with Gasteiger partial charge in [0.25, 0.3) is 0 Å². The maximum Gasteiger partial charge on any atom is 0.227 e. The summed E-state index contributed by atoms with van der Waals surface area (Å²) in [6.45, 7) is 1.73. The zero-order valence-electron chi connectivity index (χ0n) is 12.1. The summed E-state index contributed by atoms with van der Waals surface area (Å²) in [5.74, 6) is 0.249. The van der Waals surface area contributed by atoms with Crippen molar-refractivity contribution in [3.05, 3.63) is 29.8 Å². The summed E-state index contributed by atoms with van der Waals surface area (Å²) >= 11 is 0. The van der Waals surface area contributed by atoms with Crippen molar-refractivity contribution in [3.63, 3.8) is 0 Å². The minimum Gasteiger partial charge on any atom is -0.352 e. The van der Waals surface area contributed by atoms with Crippen LogP contribution in [-0.4, -0.2) is 24.9 Å². The number of nitrogens with one attached hydrogen (secondary N) is 1. The van der Waals surface area contributed by atoms with E-state index in [4.69, 9.17) is 5.73 Å². The maximum absolute atomic E-state index is 12.0. The number of benzene rings is 1. The van der Waals surface area contributed by atoms with Crippen LogP contribution < -0.4 is 16.0 Å². The molecule has 2 aliphatic rings. The van der Waals surface area contributed by atoms with E-state index in [0.29, 0.717) is 19.5 Å². The fraction of sp³-hybridized carbons (Fsp3) is 0.500. The van der Waals surface area contributed by atoms with Crippen LogP contribution in [0.5, 0.6) is 0 Å². The molecule has 3 rings (SSSR count). The van der Waals surface area contributed by atoms with Gasteiger partial charge in [0.05, 0.1) is 5.41 Å². The number of rotatable bonds is 5. The third-order valence-electron chi connectivity index (χ3n) is 4.50. The molecule has 112 valence electrons. The van der Waals surface area contributed by atoms with Crippen molar-refractivity contribution in [3.8, 4) is 0 Å². The average molecular weight is 287 g/mol. The van der Waals surface area contributed by atoms with Gasteiger partial charge < -0.3 is 16.0 Å². The summed E-state index contributed by atoms with van der Waals surface area (Å²) in [6, 6.07) is 7.81. The average Bonchev–Trinajstić information content (AvgIpc) is 3.21. The first-order valence-corrected chi connectivity index (χ1v) is 7.52. The molecular formula is C16H21N3O2. The Morgan fingerprint density at radius 3 is 2.52 bits per heavy atom. The SMILES string of the molecule is NCC1(C(=O)NCc2ccc(N3CCCC3=O)cc2)CC1. The van der Waals surface area contributed by atoms with E-state index in [1.165, 1.54) is 0 Å². The number of carbonyl (C=O) groups excluding carboxylic acids is 2. The highest BCUT2D eigenvalue weighted by Gasteiger charge is 2.48. The summed E-state index contributed by atoms with van der Waals surface area (Å²) in [6.07, 6.45) is 3.35. The summed E-state index contributed by atoms with van der Waals surface area (Å²) < 4.78 is 0. The Bertz CT molecular complexity index is 549. The van der Waals surface area contributed by atoms with Gasteiger partial charge in [0.2, 0.25) is 11.8 Å². The molecule has 0 spiro atoms. The molecule has 5 nitrogen and oxygen atoms in total. The monoisotopic (exact) mass is 287 g/mol. The fourth-order valence-corrected chi connectivity index (χ4v) is 2.76. The molecule has 0 atom stereocenters. The Kier molecular flexibility index (Phi) is 3.68. The lowest BCUT2D eigenvalue weighted by Crippen LogP contribution is -2.36. The number of nitrogens with two attached hydrogens (primary N) is 1. The molecule has 1 aromatic rings. The minimum absolute atomic E-state index is 0.0591. The Morgan fingerprint density at radius 2 is 2.00 bits per heavy atom. The molecule has 1 aliphatic heterocycles. The molecule has 1 heterocycles. The van der Waals surface area contributed by atoms with Gasteiger partial charge in [0.15, 0.2) is 0 Å². The number of carbonyl (C=O) groups is 2. The normalized spacial score (nSPS) is 19.7. The number of hydrogen-bond donors (Lipinski definition) is 2. The first-order valence-electron chi connectivity index (χ1n) is 7.52. The molecule has 2 fully saturated rings. The van der Waals surface area contributed by atoms with Gasteiger partial charge in [-0.25, -0.2) is 0 Å². The van der Waals surface area contributed by atoms with E-state index in [2.05, 4.69) is 5.32 Å². The van der Waals surface area contributed by atoms with E-state index < -0.39 is 0 Å². The molecule has 0 aromatic heterocycles. The Balaban J connectivity index is 1.57. The van der Waals surface area contributed by atoms with Crippen molar-refractivity contribution >= 4 is 17.5 Å². The van der Waals surface area contributed by atoms with Gasteiger partial charge in [-0.1, -0.05) is 12.1 Å². The van der Waals surface area contributed by atoms with Crippen molar-refractivity contribution in [2.24, 2.45) is 11.1 Å². The van der Waals surface area contributed by atoms with Crippen molar-refractivity contribution in [2.75, 3.05) is 18.0 Å². The van der Waals surface area contributed by atoms with Crippen LogP contribution in [0.25, 0.3) is 0 Å². The number of amides is 2. The van der Waals surface area contributed by atoms with Crippen molar-refractivity contribution < 1.29 is 9.59 Å². The zero-order valence-corrected chi connectivity index (χ0v) is 12.1. The van der Waals surface area contributed by atoms with E-state index in [9.17, 15) is 9.59 Å². The van der Waals surface area contributed by atoms with Gasteiger partial charge in [-0.15, -0.1) is 0 Å². The highest BCUT2D eigenvalue weighted by Crippen LogP contribution is 2.44. The van der Waals surface area contributed by atoms with Crippen LogP contribution >= 0.6 is 0 Å². The number of anilines is 1. The van der Waals surface area contributed by atoms with Crippen LogP contribution in [0, 0.1) is 5.41 Å². The van der Waals surface area contributed by atoms with Crippen molar-refractivity contribution in [1.82, 2.24) is 5.32 Å². The smallest absolute Gasteiger partial charge is 0.227 e. The quantitative estimate of drug-likeness (QED) is 0.853. The molecule has 5 heteroatoms. The summed E-state index contributed by atoms with van der Waals surface area (Å²) in [4.78, 5) is 25.5. The molecule has 0 unspecified atom stereocenters. The third-order valence-corrected chi connectivity index (χ3v) is 4.50. The van der Waals surface area contributed by atoms with Crippen LogP contribution in [0.3, 0.4) is 0 Å². The van der Waals surface area contributed by atoms with Gasteiger partial charge in [-0.3, -0.25) is 9.59 Å². The van der Waals surface area contributed by atoms with Crippen LogP contribution in [0.1, 0.15) is 31.2 Å². The molecule has 1 aliphatic carbocycles. The molecule has 2 amide bonds. The molecule has 1 saturated carbocycles. The predicted molar refractivity (Wildman–Crippen MR) is 80.6 cm³/mol. The van der Waals surface area contributed by atoms with Crippen molar-refractivity contribution in [2.45, 2.75) is 32.2 Å². The number of hydrogen-bond acceptors (Lipinski definition) is 3. The first-order chi connectivity index (χ1) is 10.1. The maximum atomic E-state index is 12.0. The number of nitrogens with zero attached hydrogens (tertiary/aromatic N) is 1. The lowest BCUT2D eigenvalue weighted by molar-refractivity contribution is -0.126. The van der Waals surface area contributed by atoms with Gasteiger partial charge in [0, 0.05) is 31.7 Å². The summed E-state index contributed by atoms with van der Waals surface area (Å²) in [5.41, 5.74) is 7.31. The molecule has 0 bridgehead atoms. The van der Waals surface area contributed by atoms with Gasteiger partial charge >= 0.3 is 0 Å². The fourth-order valence-electron chi connectivity index (χ4n) is 2.76. The summed E-state index contributed by atoms with van der Waals surface area (Å²) in [5, 5.41) is 2.95. The highest BCUT2D eigenvalue weighted by atomic mass is 16.2. The van der Waals surface area contributed by atoms with Crippen LogP contribution in [0.4, 0.5) is 5.69 Å². The molecule has 0 radical (unpaired) electrons. The standard InChI is InChI=1S/C16H21N3O2/c17-11-16(7-8-16)15(21)18-10-12-3-5-13(6-4-12)19-9-1-2-14(19)20/h3-6H,1-2,7-11,17H2,(H,18,21). The van der Waals surface area contributed by atoms with Crippen LogP contribution in [0.2, 0.25) is 0 Å². The van der Waals surface area contributed by atoms with Gasteiger partial charge in [-0.05, 0) is 37.0 Å². The second-order valence-corrected chi connectivity index (χ2v) is 5.98. The molecule has 3 N–H and O–H groups in total. The van der Waals surface area contributed by atoms with Crippen molar-refractivity contribution in [1.29, 1.82) is 0 Å². The highest BCUT2D eigenvalue weighted by molar-refractivity contribution is 5.95. The topological polar surface area (TPSA) is 75.4 Å². The van der Waals surface area contributed by atoms with E-state index in [0.717, 1.165) is 37.1 Å². The molecule has 1 saturated heterocycles. The zero-order chi connectivity index (χ0) is 14.9. The van der Waals surface area contributed by atoms with E-state index >= 15 is 0 Å². The summed E-state index contributed by atoms with van der Waals surface area (Å²) in [7, 11) is 0. The van der Waals surface area contributed by atoms with E-state index in [-0.39, 0.29) is 17.2 Å². The lowest BCUT2D eigenvalue weighted by atomic mass is 10.1. The van der Waals surface area contributed by atoms with E-state index in [1.807, 2.05) is 29.2 Å². The first kappa shape index (κ1) is 14.1. The Morgan fingerprint density at radius 1 is 1.29 bits per heavy atom. The molecule has 1 aromatic carbocycles.